The Morgan fingerprint density at radius 2 is 0.460 bits per heavy atom. The van der Waals surface area contributed by atoms with E-state index in [2.05, 4.69) is 31.9 Å². The monoisotopic (exact) mass is 2030 g/mol. The van der Waals surface area contributed by atoms with Crippen LogP contribution in [0.2, 0.25) is 0 Å². The van der Waals surface area contributed by atoms with Crippen LogP contribution in [-0.4, -0.2) is 582 Å². The van der Waals surface area contributed by atoms with Gasteiger partial charge in [0.05, 0.1) is 72.2 Å². The van der Waals surface area contributed by atoms with E-state index >= 15 is 0 Å². The SMILES string of the molecule is CC(=O)N[C@@H]1[C@@H](O)[C@H](O[C@@H]2O[C@H](CO)[C@@H](O[C@@H]3O[C@H](CO[C@H]4O[C@H](CO[C@@H]5O[C@H](CO)[C@@H](O[C@@H]6O[C@H](CO)[C@H](O)[C@H](O)[C@H]6O)[C@H](O)[C@H]5NC(C)=O)[C@@H](O)[C@H](O)[C@@H]4O[C@@H]4O[C@H](CO)[C@@H](O)[C@H](O)[C@H]4NC(C)=O)[C@@H](O)[C@H](O[C@H]4O[C@H](CO)[C@@H](O[C@@H]5O[C@H](CO)[C@@H](O)[C@H](O)[C@H]5NC(C)=O)[C@H](O)[C@@H]4O[C@@H]4O[C@H](CO)[C@@H](O)[C@H](O)[C@H]4NC(C)=O)[C@@H]3O)[C@H](O)[C@H]2NC(C)=O)[C@@H](CO[C@@H]2O[C@@H](C)[C@@H](O)[C@@H](O)[C@@H]2O)O[C@H]1O. The lowest BCUT2D eigenvalue weighted by atomic mass is 9.93. The number of carbonyl (C=O) groups is 6. The fraction of sp³-hybridized carbons (Fsp3) is 0.923. The van der Waals surface area contributed by atoms with Crippen LogP contribution in [0, 0.1) is 0 Å². The van der Waals surface area contributed by atoms with Crippen LogP contribution in [-0.2, 0) is 128 Å². The second kappa shape index (κ2) is 50.0. The van der Waals surface area contributed by atoms with Crippen LogP contribution >= 0.6 is 0 Å². The van der Waals surface area contributed by atoms with Gasteiger partial charge in [0.15, 0.2) is 69.2 Å². The normalized spacial score (nSPS) is 48.3. The van der Waals surface area contributed by atoms with Gasteiger partial charge in [-0.2, -0.15) is 0 Å². The fourth-order valence-electron chi connectivity index (χ4n) is 18.0. The standard InChI is InChI=1S/C78H130N6O55/c1-18-41(98)54(111)57(114)74(122-18)120-17-34-64(51(108)35(68(118)123-34)79-19(2)92)134-73-40(84-24(7)97)53(110)62(30(13-90)129-73)136-76-60(117)65(137-78-67(139-72-38(82-22(5)95)50(107)44(101)27(10-87)126-72)59(116)63(31(14-91)130-78)133-70-36(80-20(3)93)48(105)42(99)25(8-85)124-70)47(104)33(131-76)16-121-77-66(138-71-37(81-21(4)94)49(106)43(100)26(9-86)125-71)56(113)46(103)32(132-77)15-119-69-39(83-23(6)96)52(109)61(29(12-89)128-69)135-75-58(115)55(112)45(102)28(11-88)127-75/h18,25-78,85-91,98-118H,8-17H2,1-7H3,(H,79,92)(H,80,93)(H,81,94)(H,82,95)(H,83,96)(H,84,97)/t18-,25+,26+,27+,28+,29+,30+,31+,32+,33+,34+,35+,36+,37+,38+,39+,40+,41+,42+,43+,44+,45-,46+,47+,48+,49+,50+,51+,52+,53+,54+,55-,56-,57-,58+,59-,60-,61+,62+,63+,64+,65-,66-,67-,68+,69+,70-,71-,72-,73-,74+,75-,76-,77-,78+/m0/s1. The minimum atomic E-state index is -2.75. The molecule has 139 heavy (non-hydrogen) atoms. The van der Waals surface area contributed by atoms with Crippen LogP contribution < -0.4 is 31.9 Å². The van der Waals surface area contributed by atoms with Crippen molar-refractivity contribution in [2.75, 3.05) is 66.1 Å². The van der Waals surface area contributed by atoms with Crippen molar-refractivity contribution in [2.45, 2.75) is 386 Å². The molecule has 11 heterocycles. The van der Waals surface area contributed by atoms with Crippen molar-refractivity contribution < 1.29 is 271 Å². The maximum Gasteiger partial charge on any atom is 0.217 e. The molecule has 55 atom stereocenters. The molecule has 61 heteroatoms. The summed E-state index contributed by atoms with van der Waals surface area (Å²) in [6, 6.07) is -11.5. The molecule has 11 aliphatic heterocycles. The van der Waals surface area contributed by atoms with Crippen molar-refractivity contribution in [2.24, 2.45) is 0 Å². The summed E-state index contributed by atoms with van der Waals surface area (Å²) in [5, 5.41) is 332. The molecule has 0 aromatic rings. The summed E-state index contributed by atoms with van der Waals surface area (Å²) < 4.78 is 127. The molecule has 0 aliphatic carbocycles. The molecule has 34 N–H and O–H groups in total. The van der Waals surface area contributed by atoms with Crippen molar-refractivity contribution in [1.82, 2.24) is 31.9 Å². The zero-order valence-corrected chi connectivity index (χ0v) is 75.4. The van der Waals surface area contributed by atoms with E-state index in [0.717, 1.165) is 41.5 Å². The number of carbonyl (C=O) groups excluding carboxylic acids is 6. The third kappa shape index (κ3) is 26.0. The van der Waals surface area contributed by atoms with Gasteiger partial charge in [0.1, 0.15) is 262 Å². The Morgan fingerprint density at radius 1 is 0.201 bits per heavy atom. The Hall–Kier alpha value is -5.14. The summed E-state index contributed by atoms with van der Waals surface area (Å²) in [6.07, 6.45) is -104. The number of rotatable bonds is 36. The second-order valence-corrected chi connectivity index (χ2v) is 35.3. The third-order valence-corrected chi connectivity index (χ3v) is 25.3. The fourth-order valence-corrected chi connectivity index (χ4v) is 18.0. The van der Waals surface area contributed by atoms with Crippen molar-refractivity contribution in [1.29, 1.82) is 0 Å². The summed E-state index contributed by atoms with van der Waals surface area (Å²) in [5.74, 6) is -5.67. The van der Waals surface area contributed by atoms with Crippen molar-refractivity contribution in [3.63, 3.8) is 0 Å². The van der Waals surface area contributed by atoms with Crippen LogP contribution in [0.3, 0.4) is 0 Å². The van der Waals surface area contributed by atoms with Gasteiger partial charge in [0.25, 0.3) is 0 Å². The van der Waals surface area contributed by atoms with E-state index in [-0.39, 0.29) is 0 Å². The Morgan fingerprint density at radius 3 is 0.885 bits per heavy atom. The first-order valence-corrected chi connectivity index (χ1v) is 44.5. The number of aliphatic hydroxyl groups is 28. The van der Waals surface area contributed by atoms with Gasteiger partial charge in [-0.05, 0) is 6.92 Å². The summed E-state index contributed by atoms with van der Waals surface area (Å²) in [6.45, 7) is -4.51. The van der Waals surface area contributed by atoms with E-state index in [1.54, 1.807) is 0 Å². The minimum absolute atomic E-state index is 0.875. The van der Waals surface area contributed by atoms with Gasteiger partial charge in [-0.15, -0.1) is 0 Å². The molecule has 0 unspecified atom stereocenters. The van der Waals surface area contributed by atoms with Crippen LogP contribution in [0.25, 0.3) is 0 Å². The highest BCUT2D eigenvalue weighted by atomic mass is 16.8. The molecule has 11 fully saturated rings. The molecule has 0 bridgehead atoms. The first-order valence-electron chi connectivity index (χ1n) is 44.5. The molecule has 0 aromatic heterocycles. The van der Waals surface area contributed by atoms with Crippen LogP contribution in [0.15, 0.2) is 0 Å². The number of amides is 6. The van der Waals surface area contributed by atoms with E-state index < -0.39 is 439 Å². The largest absolute Gasteiger partial charge is 0.394 e. The van der Waals surface area contributed by atoms with E-state index in [4.69, 9.17) is 99.5 Å². The molecular weight excluding hydrogens is 1900 g/mol. The molecule has 0 saturated carbocycles. The molecule has 0 radical (unpaired) electrons. The Bertz CT molecular complexity index is 3900. The molecular formula is C78H130N6O55. The van der Waals surface area contributed by atoms with Gasteiger partial charge in [-0.25, -0.2) is 0 Å². The minimum Gasteiger partial charge on any atom is -0.394 e. The van der Waals surface area contributed by atoms with Gasteiger partial charge in [-0.3, -0.25) is 28.8 Å². The predicted molar refractivity (Wildman–Crippen MR) is 430 cm³/mol. The molecule has 11 saturated heterocycles. The number of hydrogen-bond donors (Lipinski definition) is 34. The van der Waals surface area contributed by atoms with Crippen LogP contribution in [0.1, 0.15) is 48.5 Å². The van der Waals surface area contributed by atoms with Crippen molar-refractivity contribution in [3.05, 3.63) is 0 Å². The van der Waals surface area contributed by atoms with Crippen molar-refractivity contribution in [3.8, 4) is 0 Å². The average molecular weight is 2030 g/mol. The quantitative estimate of drug-likeness (QED) is 0.0277. The second-order valence-electron chi connectivity index (χ2n) is 35.3. The zero-order chi connectivity index (χ0) is 102. The molecule has 11 aliphatic rings. The molecule has 11 rings (SSSR count). The first-order chi connectivity index (χ1) is 65.6. The van der Waals surface area contributed by atoms with Crippen LogP contribution in [0.5, 0.6) is 0 Å². The lowest BCUT2D eigenvalue weighted by Crippen LogP contribution is -2.71. The smallest absolute Gasteiger partial charge is 0.217 e. The molecule has 0 spiro atoms. The molecule has 802 valence electrons. The molecule has 6 amide bonds. The van der Waals surface area contributed by atoms with Gasteiger partial charge in [0.2, 0.25) is 35.4 Å². The Labute approximate surface area is 788 Å². The maximum absolute atomic E-state index is 13.5. The summed E-state index contributed by atoms with van der Waals surface area (Å²) >= 11 is 0. The van der Waals surface area contributed by atoms with Gasteiger partial charge < -0.3 is 274 Å². The zero-order valence-electron chi connectivity index (χ0n) is 75.4. The highest BCUT2D eigenvalue weighted by molar-refractivity contribution is 5.75. The van der Waals surface area contributed by atoms with E-state index in [9.17, 15) is 172 Å². The van der Waals surface area contributed by atoms with Gasteiger partial charge >= 0.3 is 0 Å². The average Bonchev–Trinajstić information content (AvgIpc) is 0.758. The highest BCUT2D eigenvalue weighted by Crippen LogP contribution is 2.42. The van der Waals surface area contributed by atoms with E-state index in [1.165, 1.54) is 6.92 Å². The summed E-state index contributed by atoms with van der Waals surface area (Å²) in [5.41, 5.74) is 0. The topological polar surface area (TPSA) is 935 Å². The summed E-state index contributed by atoms with van der Waals surface area (Å²) in [4.78, 5) is 77.6. The summed E-state index contributed by atoms with van der Waals surface area (Å²) in [7, 11) is 0. The first kappa shape index (κ1) is 114. The molecule has 0 aromatic carbocycles. The number of nitrogens with one attached hydrogen (secondary N) is 6. The van der Waals surface area contributed by atoms with Gasteiger partial charge in [-0.1, -0.05) is 0 Å². The van der Waals surface area contributed by atoms with Crippen molar-refractivity contribution >= 4 is 35.4 Å². The van der Waals surface area contributed by atoms with Crippen LogP contribution in [0.4, 0.5) is 0 Å². The lowest BCUT2D eigenvalue weighted by molar-refractivity contribution is -0.403. The Kier molecular flexibility index (Phi) is 41.1. The van der Waals surface area contributed by atoms with E-state index in [1.807, 2.05) is 0 Å². The van der Waals surface area contributed by atoms with Gasteiger partial charge in [0, 0.05) is 41.5 Å². The number of hydrogen-bond acceptors (Lipinski definition) is 55. The maximum atomic E-state index is 13.5. The highest BCUT2D eigenvalue weighted by Gasteiger charge is 2.63. The molecule has 61 nitrogen and oxygen atoms in total. The van der Waals surface area contributed by atoms with E-state index in [0.29, 0.717) is 0 Å². The third-order valence-electron chi connectivity index (χ3n) is 25.3. The Balaban J connectivity index is 0.983. The lowest BCUT2D eigenvalue weighted by Gasteiger charge is -2.52. The predicted octanol–water partition coefficient (Wildman–Crippen LogP) is -23.1. The number of aliphatic hydroxyl groups excluding tert-OH is 28. The number of ether oxygens (including phenoxy) is 21.